The number of nitrogens with zero attached hydrogens (tertiary/aromatic N) is 5. The number of aromatic nitrogens is 3. The van der Waals surface area contributed by atoms with Crippen LogP contribution in [0.2, 0.25) is 10.6 Å². The van der Waals surface area contributed by atoms with Crippen molar-refractivity contribution in [3.8, 4) is 5.75 Å². The van der Waals surface area contributed by atoms with Gasteiger partial charge in [-0.3, -0.25) is 13.7 Å². The maximum atomic E-state index is 12.4. The molecule has 0 atom stereocenters. The zero-order valence-electron chi connectivity index (χ0n) is 21.2. The Morgan fingerprint density at radius 2 is 1.32 bits per heavy atom. The van der Waals surface area contributed by atoms with Crippen molar-refractivity contribution < 1.29 is 44.0 Å². The van der Waals surface area contributed by atoms with E-state index < -0.39 is 56.5 Å². The van der Waals surface area contributed by atoms with Gasteiger partial charge in [-0.05, 0) is 58.9 Å². The second kappa shape index (κ2) is 11.1. The van der Waals surface area contributed by atoms with Gasteiger partial charge in [0.2, 0.25) is 16.5 Å². The van der Waals surface area contributed by atoms with Crippen LogP contribution in [0.25, 0.3) is 21.5 Å². The molecule has 21 heteroatoms. The zero-order chi connectivity index (χ0) is 32.2. The van der Waals surface area contributed by atoms with Crippen LogP contribution in [-0.4, -0.2) is 59.0 Å². The van der Waals surface area contributed by atoms with Crippen molar-refractivity contribution in [3.63, 3.8) is 0 Å². The molecule has 228 valence electrons. The van der Waals surface area contributed by atoms with Gasteiger partial charge in [-0.25, -0.2) is 0 Å². The van der Waals surface area contributed by atoms with Gasteiger partial charge in [0.1, 0.15) is 15.5 Å². The highest BCUT2D eigenvalue weighted by Crippen LogP contribution is 2.46. The van der Waals surface area contributed by atoms with Gasteiger partial charge in [-0.2, -0.15) is 40.2 Å². The lowest BCUT2D eigenvalue weighted by atomic mass is 10.1. The van der Waals surface area contributed by atoms with Crippen molar-refractivity contribution in [2.45, 2.75) is 14.7 Å². The second-order valence-electron chi connectivity index (χ2n) is 8.72. The molecule has 5 aromatic rings. The molecule has 0 radical (unpaired) electrons. The van der Waals surface area contributed by atoms with E-state index in [4.69, 9.17) is 23.2 Å². The van der Waals surface area contributed by atoms with E-state index in [1.54, 1.807) is 0 Å². The van der Waals surface area contributed by atoms with Crippen molar-refractivity contribution in [2.75, 3.05) is 5.32 Å². The monoisotopic (exact) mass is 700 g/mol. The van der Waals surface area contributed by atoms with Crippen LogP contribution >= 0.6 is 23.2 Å². The summed E-state index contributed by atoms with van der Waals surface area (Å²) in [5.74, 6) is -1.30. The van der Waals surface area contributed by atoms with Crippen LogP contribution in [0.15, 0.2) is 79.5 Å². The predicted octanol–water partition coefficient (Wildman–Crippen LogP) is 5.09. The number of aromatic hydroxyl groups is 1. The molecule has 1 aromatic heterocycles. The van der Waals surface area contributed by atoms with Gasteiger partial charge in [-0.15, -0.1) is 10.2 Å². The van der Waals surface area contributed by atoms with Crippen LogP contribution in [0.5, 0.6) is 5.75 Å². The lowest BCUT2D eigenvalue weighted by Gasteiger charge is -2.15. The Kier molecular flexibility index (Phi) is 7.93. The number of rotatable bonds is 7. The molecule has 0 amide bonds. The highest BCUT2D eigenvalue weighted by molar-refractivity contribution is 7.86. The minimum Gasteiger partial charge on any atom is -0.505 e. The number of benzene rings is 4. The Morgan fingerprint density at radius 1 is 0.705 bits per heavy atom. The highest BCUT2D eigenvalue weighted by atomic mass is 35.5. The fourth-order valence-corrected chi connectivity index (χ4v) is 6.43. The summed E-state index contributed by atoms with van der Waals surface area (Å²) < 4.78 is 102. The number of azo groups is 1. The smallest absolute Gasteiger partial charge is 0.296 e. The minimum absolute atomic E-state index is 0.0386. The summed E-state index contributed by atoms with van der Waals surface area (Å²) >= 11 is 11.6. The van der Waals surface area contributed by atoms with Gasteiger partial charge >= 0.3 is 0 Å². The molecule has 0 spiro atoms. The molecule has 0 bridgehead atoms. The molecule has 0 saturated heterocycles. The molecule has 44 heavy (non-hydrogen) atoms. The van der Waals surface area contributed by atoms with E-state index in [2.05, 4.69) is 30.5 Å². The molecular formula is C23H14Cl2N6O10S3. The fourth-order valence-electron chi connectivity index (χ4n) is 4.17. The normalized spacial score (nSPS) is 12.8. The number of anilines is 2. The lowest BCUT2D eigenvalue weighted by molar-refractivity contribution is 0.472. The first-order chi connectivity index (χ1) is 20.4. The van der Waals surface area contributed by atoms with Crippen molar-refractivity contribution in [3.05, 3.63) is 65.2 Å². The number of phenolic OH excluding ortho intramolecular Hbond substituents is 1. The molecule has 1 heterocycles. The van der Waals surface area contributed by atoms with Crippen LogP contribution in [-0.2, 0) is 30.4 Å². The summed E-state index contributed by atoms with van der Waals surface area (Å²) in [6.45, 7) is 0. The number of phenols is 1. The number of hydrogen-bond donors (Lipinski definition) is 5. The first-order valence-electron chi connectivity index (χ1n) is 11.5. The average molecular weight is 702 g/mol. The van der Waals surface area contributed by atoms with Crippen LogP contribution in [0.3, 0.4) is 0 Å². The average Bonchev–Trinajstić information content (AvgIpc) is 2.89. The maximum Gasteiger partial charge on any atom is 0.296 e. The minimum atomic E-state index is -5.18. The maximum absolute atomic E-state index is 12.4. The summed E-state index contributed by atoms with van der Waals surface area (Å²) in [5.41, 5.74) is -1.19. The molecule has 0 aliphatic carbocycles. The van der Waals surface area contributed by atoms with E-state index in [0.717, 1.165) is 30.3 Å². The summed E-state index contributed by atoms with van der Waals surface area (Å²) in [4.78, 5) is 8.91. The van der Waals surface area contributed by atoms with E-state index in [0.29, 0.717) is 0 Å². The molecule has 0 aliphatic heterocycles. The topological polar surface area (TPSA) is 259 Å². The number of halogens is 2. The Bertz CT molecular complexity index is 2370. The van der Waals surface area contributed by atoms with Gasteiger partial charge in [0, 0.05) is 16.2 Å². The molecule has 5 N–H and O–H groups in total. The van der Waals surface area contributed by atoms with Crippen LogP contribution in [0, 0.1) is 0 Å². The number of fused-ring (bicyclic) bond motifs is 2. The summed E-state index contributed by atoms with van der Waals surface area (Å²) in [6.07, 6.45) is 0. The van der Waals surface area contributed by atoms with Crippen molar-refractivity contribution in [1.82, 2.24) is 15.0 Å². The third-order valence-electron chi connectivity index (χ3n) is 5.92. The highest BCUT2D eigenvalue weighted by Gasteiger charge is 2.26. The van der Waals surface area contributed by atoms with Gasteiger partial charge in [0.25, 0.3) is 30.4 Å². The molecule has 0 aliphatic rings. The Morgan fingerprint density at radius 3 is 1.91 bits per heavy atom. The molecule has 0 saturated carbocycles. The van der Waals surface area contributed by atoms with Crippen molar-refractivity contribution >= 4 is 98.1 Å². The Labute approximate surface area is 257 Å². The van der Waals surface area contributed by atoms with E-state index >= 15 is 0 Å². The summed E-state index contributed by atoms with van der Waals surface area (Å²) in [7, 11) is -14.7. The SMILES string of the molecule is O=S(=O)(O)c1cc(Nc2nc(Cl)nc(Cl)n2)c2c(O)c(N=Nc3ccc(S(=O)(=O)O)c4ccccc34)c(S(=O)(=O)O)cc2c1. The third-order valence-corrected chi connectivity index (χ3v) is 8.87. The van der Waals surface area contributed by atoms with Crippen molar-refractivity contribution in [1.29, 1.82) is 0 Å². The summed E-state index contributed by atoms with van der Waals surface area (Å²) in [6, 6.07) is 10.4. The third kappa shape index (κ3) is 6.25. The zero-order valence-corrected chi connectivity index (χ0v) is 25.1. The molecular weight excluding hydrogens is 687 g/mol. The molecule has 5 rings (SSSR count). The molecule has 16 nitrogen and oxygen atoms in total. The van der Waals surface area contributed by atoms with Crippen LogP contribution in [0.1, 0.15) is 0 Å². The van der Waals surface area contributed by atoms with Gasteiger partial charge < -0.3 is 10.4 Å². The van der Waals surface area contributed by atoms with Crippen LogP contribution in [0.4, 0.5) is 23.0 Å². The Hall–Kier alpha value is -4.08. The van der Waals surface area contributed by atoms with Crippen LogP contribution < -0.4 is 5.32 Å². The molecule has 0 unspecified atom stereocenters. The molecule has 0 fully saturated rings. The second-order valence-corrected chi connectivity index (χ2v) is 13.6. The summed E-state index contributed by atoms with van der Waals surface area (Å²) in [5, 5.41) is 20.4. The predicted molar refractivity (Wildman–Crippen MR) is 156 cm³/mol. The fraction of sp³-hybridized carbons (Fsp3) is 0. The van der Waals surface area contributed by atoms with E-state index in [-0.39, 0.29) is 49.4 Å². The largest absolute Gasteiger partial charge is 0.505 e. The first kappa shape index (κ1) is 31.3. The van der Waals surface area contributed by atoms with E-state index in [1.165, 1.54) is 24.3 Å². The van der Waals surface area contributed by atoms with Gasteiger partial charge in [-0.1, -0.05) is 24.3 Å². The number of hydrogen-bond acceptors (Lipinski definition) is 13. The number of nitrogens with one attached hydrogen (secondary N) is 1. The van der Waals surface area contributed by atoms with Gasteiger partial charge in [0.15, 0.2) is 5.75 Å². The van der Waals surface area contributed by atoms with E-state index in [1.807, 2.05) is 0 Å². The molecule has 4 aromatic carbocycles. The lowest BCUT2D eigenvalue weighted by Crippen LogP contribution is -2.05. The van der Waals surface area contributed by atoms with Crippen molar-refractivity contribution in [2.24, 2.45) is 10.2 Å². The Balaban J connectivity index is 1.80. The standard InChI is InChI=1S/C23H14Cl2N6O10S3/c24-21-27-22(25)29-23(28-21)26-15-9-11(42(33,34)35)7-10-8-17(44(39,40)41)19(20(32)18(10)15)31-30-14-5-6-16(43(36,37)38)13-4-2-1-3-12(13)14/h1-9,32H,(H,33,34,35)(H,36,37,38)(H,39,40,41)(H,26,27,28,29). The van der Waals surface area contributed by atoms with E-state index in [9.17, 15) is 44.0 Å². The quantitative estimate of drug-likeness (QED) is 0.109. The first-order valence-corrected chi connectivity index (χ1v) is 16.5. The van der Waals surface area contributed by atoms with Gasteiger partial charge in [0.05, 0.1) is 16.3 Å².